The maximum atomic E-state index is 14.0. The molecule has 2 aromatic rings. The molecular formula is C12H9BrFN3O2. The zero-order valence-corrected chi connectivity index (χ0v) is 11.4. The number of rotatable bonds is 3. The monoisotopic (exact) mass is 325 g/mol. The summed E-state index contributed by atoms with van der Waals surface area (Å²) in [4.78, 5) is 0. The molecular weight excluding hydrogens is 317 g/mol. The van der Waals surface area contributed by atoms with Gasteiger partial charge in [0.1, 0.15) is 23.0 Å². The topological polar surface area (TPSA) is 67.6 Å². The van der Waals surface area contributed by atoms with E-state index in [0.29, 0.717) is 5.75 Å². The Hall–Kier alpha value is -2.02. The second kappa shape index (κ2) is 5.75. The van der Waals surface area contributed by atoms with Crippen molar-refractivity contribution in [1.82, 2.24) is 10.2 Å². The molecule has 0 unspecified atom stereocenters. The first-order valence-electron chi connectivity index (χ1n) is 5.21. The first kappa shape index (κ1) is 13.4. The summed E-state index contributed by atoms with van der Waals surface area (Å²) < 4.78 is 19.3. The number of oxime groups is 1. The third-order valence-corrected chi connectivity index (χ3v) is 3.03. The second-order valence-corrected chi connectivity index (χ2v) is 4.38. The predicted octanol–water partition coefficient (Wildman–Crippen LogP) is 2.61. The van der Waals surface area contributed by atoms with Crippen LogP contribution in [0.4, 0.5) is 4.39 Å². The van der Waals surface area contributed by atoms with Crippen molar-refractivity contribution >= 4 is 21.6 Å². The molecule has 0 aliphatic rings. The van der Waals surface area contributed by atoms with Crippen molar-refractivity contribution < 1.29 is 14.3 Å². The molecule has 1 N–H and O–H groups in total. The minimum absolute atomic E-state index is 0.0230. The fourth-order valence-corrected chi connectivity index (χ4v) is 1.87. The first-order chi connectivity index (χ1) is 9.17. The van der Waals surface area contributed by atoms with E-state index in [2.05, 4.69) is 31.3 Å². The minimum Gasteiger partial charge on any atom is -0.495 e. The SMILES string of the molecule is COc1cnnc(/C(=N/O)c2cccc(Br)c2F)c1. The van der Waals surface area contributed by atoms with Gasteiger partial charge in [-0.3, -0.25) is 0 Å². The van der Waals surface area contributed by atoms with Gasteiger partial charge in [0.05, 0.1) is 17.8 Å². The Morgan fingerprint density at radius 3 is 2.95 bits per heavy atom. The van der Waals surface area contributed by atoms with Crippen LogP contribution in [0.2, 0.25) is 0 Å². The number of methoxy groups -OCH3 is 1. The Morgan fingerprint density at radius 2 is 2.26 bits per heavy atom. The van der Waals surface area contributed by atoms with Crippen molar-refractivity contribution in [1.29, 1.82) is 0 Å². The van der Waals surface area contributed by atoms with Gasteiger partial charge >= 0.3 is 0 Å². The van der Waals surface area contributed by atoms with Gasteiger partial charge in [0, 0.05) is 11.6 Å². The Balaban J connectivity index is 2.54. The van der Waals surface area contributed by atoms with E-state index < -0.39 is 5.82 Å². The van der Waals surface area contributed by atoms with Gasteiger partial charge in [-0.25, -0.2) is 4.39 Å². The van der Waals surface area contributed by atoms with Crippen LogP contribution in [0.3, 0.4) is 0 Å². The van der Waals surface area contributed by atoms with E-state index in [1.54, 1.807) is 12.1 Å². The molecule has 0 saturated heterocycles. The maximum absolute atomic E-state index is 14.0. The van der Waals surface area contributed by atoms with Crippen LogP contribution in [-0.4, -0.2) is 28.2 Å². The molecule has 1 aromatic carbocycles. The summed E-state index contributed by atoms with van der Waals surface area (Å²) in [7, 11) is 1.47. The molecule has 5 nitrogen and oxygen atoms in total. The molecule has 0 amide bonds. The van der Waals surface area contributed by atoms with E-state index >= 15 is 0 Å². The molecule has 0 fully saturated rings. The van der Waals surface area contributed by atoms with Gasteiger partial charge in [-0.05, 0) is 28.1 Å². The van der Waals surface area contributed by atoms with E-state index in [9.17, 15) is 4.39 Å². The first-order valence-corrected chi connectivity index (χ1v) is 6.00. The predicted molar refractivity (Wildman–Crippen MR) is 70.1 cm³/mol. The highest BCUT2D eigenvalue weighted by Crippen LogP contribution is 2.22. The second-order valence-electron chi connectivity index (χ2n) is 3.53. The molecule has 1 heterocycles. The summed E-state index contributed by atoms with van der Waals surface area (Å²) in [6.07, 6.45) is 1.40. The average Bonchev–Trinajstić information content (AvgIpc) is 2.44. The molecule has 19 heavy (non-hydrogen) atoms. The maximum Gasteiger partial charge on any atom is 0.146 e. The molecule has 0 bridgehead atoms. The van der Waals surface area contributed by atoms with E-state index in [-0.39, 0.29) is 21.4 Å². The minimum atomic E-state index is -0.542. The van der Waals surface area contributed by atoms with Gasteiger partial charge in [-0.15, -0.1) is 5.10 Å². The average molecular weight is 326 g/mol. The van der Waals surface area contributed by atoms with Gasteiger partial charge in [0.2, 0.25) is 0 Å². The lowest BCUT2D eigenvalue weighted by Crippen LogP contribution is -2.10. The summed E-state index contributed by atoms with van der Waals surface area (Å²) >= 11 is 3.07. The van der Waals surface area contributed by atoms with Crippen molar-refractivity contribution in [3.8, 4) is 5.75 Å². The lowest BCUT2D eigenvalue weighted by Gasteiger charge is -2.07. The third-order valence-electron chi connectivity index (χ3n) is 2.41. The van der Waals surface area contributed by atoms with Crippen molar-refractivity contribution in [2.24, 2.45) is 5.16 Å². The smallest absolute Gasteiger partial charge is 0.146 e. The van der Waals surface area contributed by atoms with E-state index in [1.807, 2.05) is 0 Å². The molecule has 1 aromatic heterocycles. The van der Waals surface area contributed by atoms with Crippen LogP contribution in [0.5, 0.6) is 5.75 Å². The molecule has 0 aliphatic heterocycles. The van der Waals surface area contributed by atoms with E-state index in [1.165, 1.54) is 25.4 Å². The lowest BCUT2D eigenvalue weighted by molar-refractivity contribution is 0.319. The highest BCUT2D eigenvalue weighted by molar-refractivity contribution is 9.10. The third kappa shape index (κ3) is 2.70. The Kier molecular flexibility index (Phi) is 4.06. The molecule has 0 saturated carbocycles. The molecule has 7 heteroatoms. The number of hydrogen-bond acceptors (Lipinski definition) is 5. The molecule has 2 rings (SSSR count). The van der Waals surface area contributed by atoms with Crippen LogP contribution < -0.4 is 4.74 Å². The zero-order chi connectivity index (χ0) is 13.8. The van der Waals surface area contributed by atoms with Crippen LogP contribution in [0.15, 0.2) is 40.1 Å². The van der Waals surface area contributed by atoms with Crippen LogP contribution in [0.25, 0.3) is 0 Å². The molecule has 0 spiro atoms. The van der Waals surface area contributed by atoms with Crippen LogP contribution in [0, 0.1) is 5.82 Å². The van der Waals surface area contributed by atoms with Crippen LogP contribution >= 0.6 is 15.9 Å². The van der Waals surface area contributed by atoms with Gasteiger partial charge in [0.15, 0.2) is 0 Å². The normalized spacial score (nSPS) is 11.4. The number of benzene rings is 1. The number of ether oxygens (including phenoxy) is 1. The number of hydrogen-bond donors (Lipinski definition) is 1. The van der Waals surface area contributed by atoms with Gasteiger partial charge in [-0.1, -0.05) is 11.2 Å². The fourth-order valence-electron chi connectivity index (χ4n) is 1.51. The van der Waals surface area contributed by atoms with E-state index in [0.717, 1.165) is 0 Å². The van der Waals surface area contributed by atoms with Gasteiger partial charge in [0.25, 0.3) is 0 Å². The quantitative estimate of drug-likeness (QED) is 0.535. The van der Waals surface area contributed by atoms with Gasteiger partial charge in [-0.2, -0.15) is 5.10 Å². The Morgan fingerprint density at radius 1 is 1.47 bits per heavy atom. The number of halogens is 2. The Labute approximate surface area is 116 Å². The van der Waals surface area contributed by atoms with Crippen molar-refractivity contribution in [2.45, 2.75) is 0 Å². The summed E-state index contributed by atoms with van der Waals surface area (Å²) in [6.45, 7) is 0. The molecule has 0 radical (unpaired) electrons. The van der Waals surface area contributed by atoms with Crippen LogP contribution in [-0.2, 0) is 0 Å². The number of aromatic nitrogens is 2. The largest absolute Gasteiger partial charge is 0.495 e. The summed E-state index contributed by atoms with van der Waals surface area (Å²) in [5.41, 5.74) is 0.295. The van der Waals surface area contributed by atoms with Crippen molar-refractivity contribution in [2.75, 3.05) is 7.11 Å². The Bertz CT molecular complexity index is 634. The molecule has 0 aliphatic carbocycles. The van der Waals surface area contributed by atoms with Crippen molar-refractivity contribution in [3.05, 3.63) is 52.0 Å². The molecule has 98 valence electrons. The molecule has 0 atom stereocenters. The zero-order valence-electron chi connectivity index (χ0n) is 9.84. The van der Waals surface area contributed by atoms with Crippen LogP contribution in [0.1, 0.15) is 11.3 Å². The highest BCUT2D eigenvalue weighted by atomic mass is 79.9. The lowest BCUT2D eigenvalue weighted by atomic mass is 10.1. The summed E-state index contributed by atoms with van der Waals surface area (Å²) in [5.74, 6) is -0.110. The summed E-state index contributed by atoms with van der Waals surface area (Å²) in [6, 6.07) is 6.16. The van der Waals surface area contributed by atoms with Crippen molar-refractivity contribution in [3.63, 3.8) is 0 Å². The standard InChI is InChI=1S/C12H9BrFN3O2/c1-19-7-5-10(16-15-6-7)12(17-18)8-3-2-4-9(13)11(8)14/h2-6,18H,1H3/b17-12+. The van der Waals surface area contributed by atoms with Gasteiger partial charge < -0.3 is 9.94 Å². The highest BCUT2D eigenvalue weighted by Gasteiger charge is 2.17. The number of nitrogens with zero attached hydrogens (tertiary/aromatic N) is 3. The van der Waals surface area contributed by atoms with E-state index in [4.69, 9.17) is 9.94 Å². The summed E-state index contributed by atoms with van der Waals surface area (Å²) in [5, 5.41) is 19.7. The fraction of sp³-hybridized carbons (Fsp3) is 0.0833.